The van der Waals surface area contributed by atoms with E-state index >= 15 is 0 Å². The van der Waals surface area contributed by atoms with Gasteiger partial charge in [-0.2, -0.15) is 13.2 Å². The van der Waals surface area contributed by atoms with E-state index in [0.717, 1.165) is 34.5 Å². The Labute approximate surface area is 175 Å². The molecule has 0 unspecified atom stereocenters. The third-order valence-corrected chi connectivity index (χ3v) is 4.95. The van der Waals surface area contributed by atoms with Gasteiger partial charge < -0.3 is 10.6 Å². The second-order valence-electron chi connectivity index (χ2n) is 6.95. The van der Waals surface area contributed by atoms with Gasteiger partial charge in [-0.3, -0.25) is 4.98 Å². The number of aromatic nitrogens is 4. The molecule has 154 valence electrons. The van der Waals surface area contributed by atoms with Gasteiger partial charge in [-0.15, -0.1) is 0 Å². The maximum Gasteiger partial charge on any atom is 0.416 e. The van der Waals surface area contributed by atoms with Crippen molar-refractivity contribution in [3.63, 3.8) is 0 Å². The Morgan fingerprint density at radius 1 is 0.871 bits per heavy atom. The molecule has 2 N–H and O–H groups in total. The molecule has 9 heteroatoms. The fraction of sp³-hybridized carbons (Fsp3) is 0.0909. The molecular weight excluding hydrogens is 405 g/mol. The minimum Gasteiger partial charge on any atom is -0.350 e. The SMILES string of the molecule is FC(F)(F)c1ccc(CNc2ncc3c(n2)-c2cccnc2Nc2cnccc2-3)cc1. The Morgan fingerprint density at radius 2 is 1.71 bits per heavy atom. The van der Waals surface area contributed by atoms with E-state index < -0.39 is 11.7 Å². The van der Waals surface area contributed by atoms with E-state index in [-0.39, 0.29) is 6.54 Å². The second-order valence-corrected chi connectivity index (χ2v) is 6.95. The van der Waals surface area contributed by atoms with Crippen LogP contribution in [0.25, 0.3) is 22.4 Å². The van der Waals surface area contributed by atoms with Gasteiger partial charge in [-0.05, 0) is 35.9 Å². The molecule has 0 fully saturated rings. The van der Waals surface area contributed by atoms with E-state index in [4.69, 9.17) is 0 Å². The molecule has 1 aliphatic rings. The largest absolute Gasteiger partial charge is 0.416 e. The molecule has 6 nitrogen and oxygen atoms in total. The van der Waals surface area contributed by atoms with Gasteiger partial charge >= 0.3 is 6.18 Å². The summed E-state index contributed by atoms with van der Waals surface area (Å²) in [6, 6.07) is 10.6. The van der Waals surface area contributed by atoms with Crippen LogP contribution in [0.5, 0.6) is 0 Å². The second kappa shape index (κ2) is 7.35. The van der Waals surface area contributed by atoms with Crippen LogP contribution >= 0.6 is 0 Å². The van der Waals surface area contributed by atoms with Crippen molar-refractivity contribution >= 4 is 17.5 Å². The highest BCUT2D eigenvalue weighted by atomic mass is 19.4. The number of halogens is 3. The zero-order valence-corrected chi connectivity index (χ0v) is 16.0. The van der Waals surface area contributed by atoms with Crippen LogP contribution in [-0.2, 0) is 12.7 Å². The van der Waals surface area contributed by atoms with Gasteiger partial charge in [0.1, 0.15) is 5.82 Å². The molecule has 3 aromatic heterocycles. The normalized spacial score (nSPS) is 12.1. The monoisotopic (exact) mass is 420 g/mol. The van der Waals surface area contributed by atoms with Crippen molar-refractivity contribution < 1.29 is 13.2 Å². The highest BCUT2D eigenvalue weighted by molar-refractivity contribution is 5.95. The lowest BCUT2D eigenvalue weighted by Crippen LogP contribution is -2.07. The quantitative estimate of drug-likeness (QED) is 0.413. The maximum atomic E-state index is 12.7. The number of benzene rings is 1. The van der Waals surface area contributed by atoms with Crippen LogP contribution < -0.4 is 10.6 Å². The van der Waals surface area contributed by atoms with Crippen molar-refractivity contribution in [1.29, 1.82) is 0 Å². The van der Waals surface area contributed by atoms with Crippen LogP contribution in [0.15, 0.2) is 67.3 Å². The van der Waals surface area contributed by atoms with Crippen LogP contribution in [0.3, 0.4) is 0 Å². The van der Waals surface area contributed by atoms with E-state index in [9.17, 15) is 13.2 Å². The number of nitrogens with one attached hydrogen (secondary N) is 2. The fourth-order valence-electron chi connectivity index (χ4n) is 3.41. The minimum atomic E-state index is -4.35. The lowest BCUT2D eigenvalue weighted by atomic mass is 10.0. The summed E-state index contributed by atoms with van der Waals surface area (Å²) in [5, 5.41) is 6.38. The Morgan fingerprint density at radius 3 is 2.52 bits per heavy atom. The Balaban J connectivity index is 1.47. The van der Waals surface area contributed by atoms with Crippen molar-refractivity contribution in [3.8, 4) is 22.4 Å². The van der Waals surface area contributed by atoms with Gasteiger partial charge in [0, 0.05) is 41.8 Å². The average molecular weight is 420 g/mol. The summed E-state index contributed by atoms with van der Waals surface area (Å²) in [4.78, 5) is 17.7. The van der Waals surface area contributed by atoms with Crippen molar-refractivity contribution in [2.75, 3.05) is 10.6 Å². The molecule has 31 heavy (non-hydrogen) atoms. The molecule has 0 spiro atoms. The van der Waals surface area contributed by atoms with E-state index in [1.54, 1.807) is 24.8 Å². The van der Waals surface area contributed by atoms with Gasteiger partial charge in [0.15, 0.2) is 0 Å². The summed E-state index contributed by atoms with van der Waals surface area (Å²) >= 11 is 0. The number of pyridine rings is 2. The summed E-state index contributed by atoms with van der Waals surface area (Å²) in [5.41, 5.74) is 4.05. The predicted molar refractivity (Wildman–Crippen MR) is 111 cm³/mol. The number of hydrogen-bond donors (Lipinski definition) is 2. The first-order valence-corrected chi connectivity index (χ1v) is 9.43. The third kappa shape index (κ3) is 3.65. The highest BCUT2D eigenvalue weighted by Crippen LogP contribution is 2.41. The Kier molecular flexibility index (Phi) is 4.50. The molecule has 4 heterocycles. The lowest BCUT2D eigenvalue weighted by Gasteiger charge is -2.11. The third-order valence-electron chi connectivity index (χ3n) is 4.95. The smallest absolute Gasteiger partial charge is 0.350 e. The van der Waals surface area contributed by atoms with E-state index in [2.05, 4.69) is 30.6 Å². The number of hydrogen-bond acceptors (Lipinski definition) is 6. The van der Waals surface area contributed by atoms with Crippen LogP contribution in [-0.4, -0.2) is 19.9 Å². The lowest BCUT2D eigenvalue weighted by molar-refractivity contribution is -0.137. The Bertz CT molecular complexity index is 1250. The summed E-state index contributed by atoms with van der Waals surface area (Å²) in [6.45, 7) is 0.287. The molecule has 1 aromatic carbocycles. The van der Waals surface area contributed by atoms with Crippen LogP contribution in [0, 0.1) is 0 Å². The minimum absolute atomic E-state index is 0.287. The number of rotatable bonds is 3. The number of anilines is 3. The fourth-order valence-corrected chi connectivity index (χ4v) is 3.41. The van der Waals surface area contributed by atoms with E-state index in [1.807, 2.05) is 18.2 Å². The molecule has 4 aromatic rings. The molecule has 1 aliphatic heterocycles. The van der Waals surface area contributed by atoms with Gasteiger partial charge in [0.2, 0.25) is 5.95 Å². The average Bonchev–Trinajstić information content (AvgIpc) is 2.92. The number of nitrogens with zero attached hydrogens (tertiary/aromatic N) is 4. The van der Waals surface area contributed by atoms with Crippen LogP contribution in [0.1, 0.15) is 11.1 Å². The zero-order chi connectivity index (χ0) is 21.4. The van der Waals surface area contributed by atoms with Crippen molar-refractivity contribution in [1.82, 2.24) is 19.9 Å². The van der Waals surface area contributed by atoms with Crippen molar-refractivity contribution in [2.24, 2.45) is 0 Å². The van der Waals surface area contributed by atoms with Gasteiger partial charge in [0.05, 0.1) is 23.1 Å². The van der Waals surface area contributed by atoms with Crippen molar-refractivity contribution in [3.05, 3.63) is 78.4 Å². The standard InChI is InChI=1S/C22H15F3N6/c23-22(24,25)14-5-3-13(4-6-14)10-28-21-29-11-17-15-7-9-26-12-18(15)30-20-16(19(17)31-21)2-1-8-27-20/h1-9,11-12H,10H2,(H,27,30)(H,28,29,31). The molecule has 0 saturated heterocycles. The topological polar surface area (TPSA) is 75.6 Å². The summed E-state index contributed by atoms with van der Waals surface area (Å²) in [7, 11) is 0. The first-order valence-electron chi connectivity index (χ1n) is 9.43. The van der Waals surface area contributed by atoms with E-state index in [1.165, 1.54) is 12.1 Å². The summed E-state index contributed by atoms with van der Waals surface area (Å²) < 4.78 is 38.2. The molecule has 5 rings (SSSR count). The molecule has 0 atom stereocenters. The first-order chi connectivity index (χ1) is 15.0. The maximum absolute atomic E-state index is 12.7. The zero-order valence-electron chi connectivity index (χ0n) is 16.0. The molecular formula is C22H15F3N6. The highest BCUT2D eigenvalue weighted by Gasteiger charge is 2.30. The van der Waals surface area contributed by atoms with Crippen molar-refractivity contribution in [2.45, 2.75) is 12.7 Å². The van der Waals surface area contributed by atoms with Crippen LogP contribution in [0.4, 0.5) is 30.6 Å². The number of alkyl halides is 3. The summed E-state index contributed by atoms with van der Waals surface area (Å²) in [5.74, 6) is 1.02. The Hall–Kier alpha value is -4.01. The first kappa shape index (κ1) is 19.0. The molecule has 0 radical (unpaired) electrons. The number of fused-ring (bicyclic) bond motifs is 5. The van der Waals surface area contributed by atoms with Crippen LogP contribution in [0.2, 0.25) is 0 Å². The predicted octanol–water partition coefficient (Wildman–Crippen LogP) is 5.29. The van der Waals surface area contributed by atoms with Gasteiger partial charge in [0.25, 0.3) is 0 Å². The molecule has 0 aliphatic carbocycles. The molecule has 0 bridgehead atoms. The molecule has 0 amide bonds. The van der Waals surface area contributed by atoms with Gasteiger partial charge in [-0.1, -0.05) is 12.1 Å². The van der Waals surface area contributed by atoms with Gasteiger partial charge in [-0.25, -0.2) is 15.0 Å². The summed E-state index contributed by atoms with van der Waals surface area (Å²) in [6.07, 6.45) is 2.48. The van der Waals surface area contributed by atoms with E-state index in [0.29, 0.717) is 23.0 Å². The molecule has 0 saturated carbocycles.